The lowest BCUT2D eigenvalue weighted by atomic mass is 10.0. The lowest BCUT2D eigenvalue weighted by Crippen LogP contribution is -2.58. The van der Waals surface area contributed by atoms with Crippen molar-refractivity contribution in [2.45, 2.75) is 76.4 Å². The normalized spacial score (nSPS) is 27.5. The van der Waals surface area contributed by atoms with Gasteiger partial charge in [0.2, 0.25) is 13.7 Å². The first-order valence-corrected chi connectivity index (χ1v) is 13.4. The lowest BCUT2D eigenvalue weighted by molar-refractivity contribution is -0.290. The maximum absolute atomic E-state index is 13.1. The first-order valence-electron chi connectivity index (χ1n) is 11.8. The van der Waals surface area contributed by atoms with E-state index >= 15 is 0 Å². The molecule has 206 valence electrons. The number of amides is 1. The number of carbonyl (C=O) groups is 2. The summed E-state index contributed by atoms with van der Waals surface area (Å²) >= 11 is 0. The fourth-order valence-electron chi connectivity index (χ4n) is 4.14. The molecule has 1 aliphatic heterocycles. The smallest absolute Gasteiger partial charge is 0.326 e. The van der Waals surface area contributed by atoms with Gasteiger partial charge in [-0.1, -0.05) is 32.0 Å². The molecule has 2 heterocycles. The number of carbonyl (C=O) groups excluding carboxylic acids is 1. The van der Waals surface area contributed by atoms with E-state index < -0.39 is 62.4 Å². The number of hydrogen-bond donors (Lipinski definition) is 7. The van der Waals surface area contributed by atoms with Crippen molar-refractivity contribution in [3.8, 4) is 0 Å². The number of aliphatic hydroxyl groups excluding tert-OH is 3. The van der Waals surface area contributed by atoms with Crippen molar-refractivity contribution in [3.63, 3.8) is 0 Å². The third-order valence-corrected chi connectivity index (χ3v) is 7.22. The topological polar surface area (TPSA) is 213 Å². The van der Waals surface area contributed by atoms with Crippen molar-refractivity contribution < 1.29 is 48.7 Å². The Morgan fingerprint density at radius 2 is 1.84 bits per heavy atom. The second kappa shape index (κ2) is 12.0. The SMILES string of the molecule is CC(C)C[C@H](NP(=O)([O-])O[C@@H]1O[C@@H](C)[C@H](O)[C@@H](O)[C@H]1O)C(=O)N[C@@H](Cc1c[nH]c2ccccc12)C(=O)O. The molecule has 0 spiro atoms. The van der Waals surface area contributed by atoms with Crippen LogP contribution in [0.1, 0.15) is 32.8 Å². The van der Waals surface area contributed by atoms with Crippen molar-refractivity contribution in [2.24, 2.45) is 5.92 Å². The summed E-state index contributed by atoms with van der Waals surface area (Å²) in [4.78, 5) is 40.7. The van der Waals surface area contributed by atoms with Gasteiger partial charge in [0.1, 0.15) is 24.4 Å². The number of carboxylic acid groups (broad SMARTS) is 1. The number of ether oxygens (including phenoxy) is 1. The average Bonchev–Trinajstić information content (AvgIpc) is 3.22. The standard InChI is InChI=1S/C23H34N3O10P/c1-11(2)8-16(26-37(33,34)36-23-20(29)19(28)18(27)12(3)35-23)21(30)25-17(22(31)32)9-13-10-24-15-7-5-4-6-14(13)15/h4-7,10-12,16-20,23-24,27-29H,8-9H2,1-3H3,(H,25,30)(H,31,32)(H2,26,33,34)/p-1/t12-,16-,17-,18-,19+,20+,23-/m0/s1. The highest BCUT2D eigenvalue weighted by Crippen LogP contribution is 2.38. The summed E-state index contributed by atoms with van der Waals surface area (Å²) in [6.07, 6.45) is -6.32. The fourth-order valence-corrected chi connectivity index (χ4v) is 5.25. The Hall–Kier alpha value is -2.35. The summed E-state index contributed by atoms with van der Waals surface area (Å²) in [5.41, 5.74) is 1.46. The van der Waals surface area contributed by atoms with Gasteiger partial charge < -0.3 is 40.4 Å². The summed E-state index contributed by atoms with van der Waals surface area (Å²) < 4.78 is 22.7. The van der Waals surface area contributed by atoms with Gasteiger partial charge in [0.05, 0.1) is 12.1 Å². The zero-order valence-corrected chi connectivity index (χ0v) is 21.5. The highest BCUT2D eigenvalue weighted by Gasteiger charge is 2.44. The molecule has 1 fully saturated rings. The predicted molar refractivity (Wildman–Crippen MR) is 129 cm³/mol. The van der Waals surface area contributed by atoms with Crippen molar-refractivity contribution >= 4 is 30.5 Å². The number of para-hydroxylation sites is 1. The van der Waals surface area contributed by atoms with Gasteiger partial charge in [-0.05, 0) is 30.9 Å². The summed E-state index contributed by atoms with van der Waals surface area (Å²) in [5, 5.41) is 44.8. The Morgan fingerprint density at radius 3 is 2.49 bits per heavy atom. The van der Waals surface area contributed by atoms with E-state index in [1.807, 2.05) is 18.2 Å². The molecule has 3 rings (SSSR count). The molecular weight excluding hydrogens is 509 g/mol. The number of fused-ring (bicyclic) bond motifs is 1. The second-order valence-corrected chi connectivity index (χ2v) is 11.0. The monoisotopic (exact) mass is 542 g/mol. The van der Waals surface area contributed by atoms with Crippen molar-refractivity contribution in [2.75, 3.05) is 0 Å². The van der Waals surface area contributed by atoms with Crippen LogP contribution in [0.3, 0.4) is 0 Å². The Labute approximate surface area is 213 Å². The van der Waals surface area contributed by atoms with Crippen LogP contribution in [0.2, 0.25) is 0 Å². The van der Waals surface area contributed by atoms with Crippen LogP contribution in [-0.2, 0) is 29.8 Å². The van der Waals surface area contributed by atoms with Crippen molar-refractivity contribution in [3.05, 3.63) is 36.0 Å². The number of aromatic nitrogens is 1. The molecule has 1 aliphatic rings. The van der Waals surface area contributed by atoms with Crippen LogP contribution in [0.4, 0.5) is 0 Å². The molecule has 0 aliphatic carbocycles. The second-order valence-electron chi connectivity index (χ2n) is 9.56. The van der Waals surface area contributed by atoms with Crippen molar-refractivity contribution in [1.82, 2.24) is 15.4 Å². The van der Waals surface area contributed by atoms with E-state index in [1.165, 1.54) is 6.92 Å². The maximum Gasteiger partial charge on any atom is 0.326 e. The number of aliphatic hydroxyl groups is 3. The Balaban J connectivity index is 1.72. The van der Waals surface area contributed by atoms with Gasteiger partial charge in [0.15, 0.2) is 6.29 Å². The molecule has 1 aromatic carbocycles. The molecule has 0 radical (unpaired) electrons. The number of H-pyrrole nitrogens is 1. The molecule has 1 aromatic heterocycles. The van der Waals surface area contributed by atoms with Gasteiger partial charge in [0.25, 0.3) is 0 Å². The van der Waals surface area contributed by atoms with Gasteiger partial charge in [-0.3, -0.25) is 13.9 Å². The lowest BCUT2D eigenvalue weighted by Gasteiger charge is -2.41. The van der Waals surface area contributed by atoms with Crippen LogP contribution >= 0.6 is 7.75 Å². The predicted octanol–water partition coefficient (Wildman–Crippen LogP) is -0.403. The number of aromatic amines is 1. The Morgan fingerprint density at radius 1 is 1.16 bits per heavy atom. The molecule has 1 saturated heterocycles. The van der Waals surface area contributed by atoms with Crippen LogP contribution in [-0.4, -0.2) is 80.1 Å². The van der Waals surface area contributed by atoms with E-state index in [0.717, 1.165) is 10.9 Å². The molecule has 14 heteroatoms. The minimum atomic E-state index is -5.08. The van der Waals surface area contributed by atoms with Crippen LogP contribution in [0.25, 0.3) is 10.9 Å². The minimum absolute atomic E-state index is 0.00661. The zero-order valence-electron chi connectivity index (χ0n) is 20.6. The Kier molecular flexibility index (Phi) is 9.48. The van der Waals surface area contributed by atoms with Crippen LogP contribution < -0.4 is 15.3 Å². The van der Waals surface area contributed by atoms with Gasteiger partial charge in [-0.25, -0.2) is 9.88 Å². The quantitative estimate of drug-likeness (QED) is 0.181. The first kappa shape index (κ1) is 29.2. The first-order chi connectivity index (χ1) is 17.3. The van der Waals surface area contributed by atoms with Gasteiger partial charge in [-0.15, -0.1) is 0 Å². The van der Waals surface area contributed by atoms with E-state index in [4.69, 9.17) is 9.26 Å². The van der Waals surface area contributed by atoms with Crippen LogP contribution in [0.15, 0.2) is 30.5 Å². The van der Waals surface area contributed by atoms with E-state index in [-0.39, 0.29) is 18.8 Å². The molecule has 7 N–H and O–H groups in total. The van der Waals surface area contributed by atoms with E-state index in [9.17, 15) is 39.5 Å². The summed E-state index contributed by atoms with van der Waals surface area (Å²) in [6.45, 7) is 4.84. The Bertz CT molecular complexity index is 1140. The largest absolute Gasteiger partial charge is 0.766 e. The van der Waals surface area contributed by atoms with Crippen LogP contribution in [0, 0.1) is 5.92 Å². The molecule has 0 bridgehead atoms. The van der Waals surface area contributed by atoms with Gasteiger partial charge >= 0.3 is 5.97 Å². The molecule has 1 unspecified atom stereocenters. The summed E-state index contributed by atoms with van der Waals surface area (Å²) in [5.74, 6) is -2.35. The number of carboxylic acids is 1. The third kappa shape index (κ3) is 7.37. The van der Waals surface area contributed by atoms with Crippen molar-refractivity contribution in [1.29, 1.82) is 0 Å². The summed E-state index contributed by atoms with van der Waals surface area (Å²) in [6, 6.07) is 4.52. The number of benzene rings is 1. The van der Waals surface area contributed by atoms with Gasteiger partial charge in [0, 0.05) is 23.5 Å². The van der Waals surface area contributed by atoms with Crippen LogP contribution in [0.5, 0.6) is 0 Å². The van der Waals surface area contributed by atoms with E-state index in [0.29, 0.717) is 5.56 Å². The maximum atomic E-state index is 13.1. The molecular formula is C23H33N3O10P-. The van der Waals surface area contributed by atoms with E-state index in [1.54, 1.807) is 26.1 Å². The third-order valence-electron chi connectivity index (χ3n) is 6.10. The summed E-state index contributed by atoms with van der Waals surface area (Å²) in [7, 11) is -5.08. The minimum Gasteiger partial charge on any atom is -0.766 e. The van der Waals surface area contributed by atoms with E-state index in [2.05, 4.69) is 15.4 Å². The molecule has 1 amide bonds. The highest BCUT2D eigenvalue weighted by atomic mass is 31.2. The highest BCUT2D eigenvalue weighted by molar-refractivity contribution is 7.49. The molecule has 13 nitrogen and oxygen atoms in total. The average molecular weight is 543 g/mol. The fraction of sp³-hybridized carbons (Fsp3) is 0.565. The molecule has 0 saturated carbocycles. The number of rotatable bonds is 11. The number of hydrogen-bond acceptors (Lipinski definition) is 9. The number of nitrogens with one attached hydrogen (secondary N) is 3. The number of aliphatic carboxylic acids is 1. The molecule has 37 heavy (non-hydrogen) atoms. The van der Waals surface area contributed by atoms with Gasteiger partial charge in [-0.2, -0.15) is 0 Å². The molecule has 2 aromatic rings. The zero-order chi connectivity index (χ0) is 27.5. The molecule has 8 atom stereocenters.